The number of hydrogen-bond acceptors (Lipinski definition) is 2. The van der Waals surface area contributed by atoms with E-state index in [1.54, 1.807) is 6.20 Å². The van der Waals surface area contributed by atoms with Crippen LogP contribution in [0.1, 0.15) is 37.2 Å². The summed E-state index contributed by atoms with van der Waals surface area (Å²) in [5, 5.41) is 0. The van der Waals surface area contributed by atoms with Gasteiger partial charge in [-0.1, -0.05) is 44.2 Å². The Kier molecular flexibility index (Phi) is 4.00. The van der Waals surface area contributed by atoms with Crippen molar-refractivity contribution >= 4 is 5.91 Å². The molecule has 2 aromatic rings. The maximum Gasteiger partial charge on any atom is 0.240 e. The zero-order chi connectivity index (χ0) is 13.8. The van der Waals surface area contributed by atoms with E-state index in [1.165, 1.54) is 0 Å². The number of amides is 1. The van der Waals surface area contributed by atoms with E-state index in [4.69, 9.17) is 5.73 Å². The van der Waals surface area contributed by atoms with Crippen LogP contribution in [0.4, 0.5) is 0 Å². The predicted octanol–water partition coefficient (Wildman–Crippen LogP) is 2.28. The Labute approximate surface area is 113 Å². The molecule has 4 heteroatoms. The van der Waals surface area contributed by atoms with E-state index in [9.17, 15) is 4.79 Å². The molecule has 0 aliphatic rings. The van der Waals surface area contributed by atoms with Gasteiger partial charge in [0.1, 0.15) is 11.9 Å². The van der Waals surface area contributed by atoms with Crippen LogP contribution in [0.2, 0.25) is 0 Å². The minimum atomic E-state index is -0.387. The van der Waals surface area contributed by atoms with Crippen LogP contribution in [0.5, 0.6) is 0 Å². The number of nitrogens with two attached hydrogens (primary N) is 1. The summed E-state index contributed by atoms with van der Waals surface area (Å²) in [5.41, 5.74) is 6.65. The maximum atomic E-state index is 11.8. The summed E-state index contributed by atoms with van der Waals surface area (Å²) in [4.78, 5) is 16.1. The lowest BCUT2D eigenvalue weighted by Crippen LogP contribution is -2.29. The van der Waals surface area contributed by atoms with E-state index in [0.717, 1.165) is 11.4 Å². The molecule has 0 fully saturated rings. The highest BCUT2D eigenvalue weighted by Crippen LogP contribution is 2.20. The van der Waals surface area contributed by atoms with E-state index in [0.29, 0.717) is 6.42 Å². The van der Waals surface area contributed by atoms with Gasteiger partial charge in [-0.15, -0.1) is 0 Å². The SMILES string of the molecule is CC(C)c1nccn1[C@@H](Cc1ccccc1)C(N)=O. The van der Waals surface area contributed by atoms with Crippen molar-refractivity contribution in [3.8, 4) is 0 Å². The molecule has 0 unspecified atom stereocenters. The Morgan fingerprint density at radius 3 is 2.58 bits per heavy atom. The fourth-order valence-electron chi connectivity index (χ4n) is 2.21. The first-order valence-electron chi connectivity index (χ1n) is 6.45. The predicted molar refractivity (Wildman–Crippen MR) is 74.7 cm³/mol. The van der Waals surface area contributed by atoms with Gasteiger partial charge in [-0.3, -0.25) is 4.79 Å². The average Bonchev–Trinajstić information content (AvgIpc) is 2.86. The summed E-state index contributed by atoms with van der Waals surface area (Å²) < 4.78 is 1.89. The van der Waals surface area contributed by atoms with E-state index >= 15 is 0 Å². The number of rotatable bonds is 5. The Morgan fingerprint density at radius 2 is 2.00 bits per heavy atom. The fourth-order valence-corrected chi connectivity index (χ4v) is 2.21. The first kappa shape index (κ1) is 13.3. The molecule has 0 aliphatic carbocycles. The van der Waals surface area contributed by atoms with Gasteiger partial charge in [0, 0.05) is 24.7 Å². The first-order chi connectivity index (χ1) is 9.09. The standard InChI is InChI=1S/C15H19N3O/c1-11(2)15-17-8-9-18(15)13(14(16)19)10-12-6-4-3-5-7-12/h3-9,11,13H,10H2,1-2H3,(H2,16,19)/t13-/m0/s1. The highest BCUT2D eigenvalue weighted by atomic mass is 16.1. The Balaban J connectivity index is 2.30. The summed E-state index contributed by atoms with van der Waals surface area (Å²) in [7, 11) is 0. The zero-order valence-electron chi connectivity index (χ0n) is 11.3. The molecule has 4 nitrogen and oxygen atoms in total. The van der Waals surface area contributed by atoms with Gasteiger partial charge in [-0.25, -0.2) is 4.98 Å². The van der Waals surface area contributed by atoms with Crippen molar-refractivity contribution in [3.05, 3.63) is 54.1 Å². The molecule has 0 radical (unpaired) electrons. The van der Waals surface area contributed by atoms with Gasteiger partial charge in [-0.05, 0) is 5.56 Å². The van der Waals surface area contributed by atoms with Crippen LogP contribution < -0.4 is 5.73 Å². The second-order valence-electron chi connectivity index (χ2n) is 4.96. The molecule has 0 aliphatic heterocycles. The molecule has 1 amide bonds. The van der Waals surface area contributed by atoms with Crippen molar-refractivity contribution in [3.63, 3.8) is 0 Å². The number of carbonyl (C=O) groups excluding carboxylic acids is 1. The van der Waals surface area contributed by atoms with Crippen LogP contribution in [0.3, 0.4) is 0 Å². The Hall–Kier alpha value is -2.10. The highest BCUT2D eigenvalue weighted by molar-refractivity contribution is 5.78. The van der Waals surface area contributed by atoms with Gasteiger partial charge in [-0.2, -0.15) is 0 Å². The summed E-state index contributed by atoms with van der Waals surface area (Å²) in [6.45, 7) is 4.11. The van der Waals surface area contributed by atoms with Gasteiger partial charge in [0.25, 0.3) is 0 Å². The van der Waals surface area contributed by atoms with Crippen LogP contribution in [-0.4, -0.2) is 15.5 Å². The van der Waals surface area contributed by atoms with E-state index < -0.39 is 0 Å². The number of hydrogen-bond donors (Lipinski definition) is 1. The monoisotopic (exact) mass is 257 g/mol. The summed E-state index contributed by atoms with van der Waals surface area (Å²) in [6, 6.07) is 9.50. The van der Waals surface area contributed by atoms with Crippen LogP contribution in [0.15, 0.2) is 42.7 Å². The topological polar surface area (TPSA) is 60.9 Å². The third-order valence-corrected chi connectivity index (χ3v) is 3.15. The van der Waals surface area contributed by atoms with E-state index in [1.807, 2.05) is 41.1 Å². The van der Waals surface area contributed by atoms with Crippen molar-refractivity contribution in [1.82, 2.24) is 9.55 Å². The van der Waals surface area contributed by atoms with Crippen LogP contribution in [0.25, 0.3) is 0 Å². The van der Waals surface area contributed by atoms with Crippen LogP contribution >= 0.6 is 0 Å². The lowest BCUT2D eigenvalue weighted by atomic mass is 10.0. The summed E-state index contributed by atoms with van der Waals surface area (Å²) in [5.74, 6) is 0.816. The number of imidazole rings is 1. The molecule has 0 saturated carbocycles. The second kappa shape index (κ2) is 5.69. The van der Waals surface area contributed by atoms with Crippen LogP contribution in [0, 0.1) is 0 Å². The molecular weight excluding hydrogens is 238 g/mol. The van der Waals surface area contributed by atoms with Gasteiger partial charge < -0.3 is 10.3 Å². The minimum Gasteiger partial charge on any atom is -0.368 e. The number of carbonyl (C=O) groups is 1. The van der Waals surface area contributed by atoms with E-state index in [2.05, 4.69) is 18.8 Å². The lowest BCUT2D eigenvalue weighted by molar-refractivity contribution is -0.121. The van der Waals surface area contributed by atoms with Gasteiger partial charge >= 0.3 is 0 Å². The minimum absolute atomic E-state index is 0.257. The molecular formula is C15H19N3O. The average molecular weight is 257 g/mol. The van der Waals surface area contributed by atoms with E-state index in [-0.39, 0.29) is 17.9 Å². The van der Waals surface area contributed by atoms with Crippen molar-refractivity contribution in [2.75, 3.05) is 0 Å². The Morgan fingerprint density at radius 1 is 1.32 bits per heavy atom. The first-order valence-corrected chi connectivity index (χ1v) is 6.45. The summed E-state index contributed by atoms with van der Waals surface area (Å²) >= 11 is 0. The normalized spacial score (nSPS) is 12.6. The molecule has 0 bridgehead atoms. The van der Waals surface area contributed by atoms with Crippen molar-refractivity contribution in [1.29, 1.82) is 0 Å². The number of primary amides is 1. The van der Waals surface area contributed by atoms with Gasteiger partial charge in [0.05, 0.1) is 0 Å². The fraction of sp³-hybridized carbons (Fsp3) is 0.333. The molecule has 2 N–H and O–H groups in total. The second-order valence-corrected chi connectivity index (χ2v) is 4.96. The number of benzene rings is 1. The molecule has 1 atom stereocenters. The number of aromatic nitrogens is 2. The zero-order valence-corrected chi connectivity index (χ0v) is 11.3. The maximum absolute atomic E-state index is 11.8. The third-order valence-electron chi connectivity index (χ3n) is 3.15. The van der Waals surface area contributed by atoms with Crippen LogP contribution in [-0.2, 0) is 11.2 Å². The molecule has 0 saturated heterocycles. The smallest absolute Gasteiger partial charge is 0.240 e. The molecule has 1 aromatic heterocycles. The van der Waals surface area contributed by atoms with Crippen molar-refractivity contribution in [2.24, 2.45) is 5.73 Å². The van der Waals surface area contributed by atoms with Crippen molar-refractivity contribution < 1.29 is 4.79 Å². The molecule has 2 rings (SSSR count). The largest absolute Gasteiger partial charge is 0.368 e. The lowest BCUT2D eigenvalue weighted by Gasteiger charge is -2.19. The molecule has 100 valence electrons. The Bertz CT molecular complexity index is 546. The molecule has 1 aromatic carbocycles. The third kappa shape index (κ3) is 3.02. The van der Waals surface area contributed by atoms with Gasteiger partial charge in [0.2, 0.25) is 5.91 Å². The molecule has 1 heterocycles. The highest BCUT2D eigenvalue weighted by Gasteiger charge is 2.21. The quantitative estimate of drug-likeness (QED) is 0.893. The number of nitrogens with zero attached hydrogens (tertiary/aromatic N) is 2. The van der Waals surface area contributed by atoms with Gasteiger partial charge in [0.15, 0.2) is 0 Å². The van der Waals surface area contributed by atoms with Crippen molar-refractivity contribution in [2.45, 2.75) is 32.2 Å². The summed E-state index contributed by atoms with van der Waals surface area (Å²) in [6.07, 6.45) is 4.14. The molecule has 19 heavy (non-hydrogen) atoms. The molecule has 0 spiro atoms.